The van der Waals surface area contributed by atoms with Gasteiger partial charge in [0.25, 0.3) is 0 Å². The van der Waals surface area contributed by atoms with Crippen molar-refractivity contribution in [3.05, 3.63) is 0 Å². The van der Waals surface area contributed by atoms with Crippen molar-refractivity contribution in [1.82, 2.24) is 0 Å². The molecule has 0 unspecified atom stereocenters. The summed E-state index contributed by atoms with van der Waals surface area (Å²) in [5.41, 5.74) is 0. The van der Waals surface area contributed by atoms with Gasteiger partial charge in [0.15, 0.2) is 0 Å². The fourth-order valence-electron chi connectivity index (χ4n) is 0. The highest BCUT2D eigenvalue weighted by Gasteiger charge is 1.34. The molecule has 0 amide bonds. The summed E-state index contributed by atoms with van der Waals surface area (Å²) in [6.07, 6.45) is 0. The van der Waals surface area contributed by atoms with E-state index in [0.29, 0.717) is 0 Å². The zero-order chi connectivity index (χ0) is 4.71. The molecule has 5 heavy (non-hydrogen) atoms. The molecule has 0 bridgehead atoms. The molecule has 0 fully saturated rings. The van der Waals surface area contributed by atoms with E-state index in [1.807, 2.05) is 0 Å². The highest BCUT2D eigenvalue weighted by molar-refractivity contribution is 7.50. The molecule has 0 saturated heterocycles. The van der Waals surface area contributed by atoms with Crippen molar-refractivity contribution in [2.45, 2.75) is 6.92 Å². The normalized spacial score (nSPS) is 4.80. The lowest BCUT2D eigenvalue weighted by Crippen LogP contribution is -2.37. The maximum Gasteiger partial charge on any atom is 0.0402 e. The van der Waals surface area contributed by atoms with Crippen molar-refractivity contribution in [1.29, 1.82) is 0 Å². The first kappa shape index (κ1) is 8.99. The Kier molecular flexibility index (Phi) is 50.9. The molecular weight excluding hydrogens is 86.1 g/mol. The van der Waals surface area contributed by atoms with Crippen molar-refractivity contribution in [3.8, 4) is 0 Å². The van der Waals surface area contributed by atoms with Crippen LogP contribution in [0.25, 0.3) is 0 Å². The Hall–Kier alpha value is 0.270. The zero-order valence-corrected chi connectivity index (χ0v) is 4.09. The number of hydrogen-bond donors (Lipinski definition) is 2. The van der Waals surface area contributed by atoms with Crippen molar-refractivity contribution in [2.24, 2.45) is 0 Å². The van der Waals surface area contributed by atoms with Crippen LogP contribution in [0.5, 0.6) is 0 Å². The molecule has 0 radical (unpaired) electrons. The molecular formula is C2H9NOS. The van der Waals surface area contributed by atoms with Crippen LogP contribution in [0.4, 0.5) is 0 Å². The van der Waals surface area contributed by atoms with Gasteiger partial charge in [0.1, 0.15) is 0 Å². The molecule has 3 heteroatoms. The van der Waals surface area contributed by atoms with Crippen molar-refractivity contribution in [2.75, 3.05) is 6.61 Å². The van der Waals surface area contributed by atoms with Crippen LogP contribution in [-0.2, 0) is 12.8 Å². The van der Waals surface area contributed by atoms with Crippen LogP contribution in [0.1, 0.15) is 6.92 Å². The summed E-state index contributed by atoms with van der Waals surface area (Å²) in [5.74, 6) is 0. The molecule has 2 nitrogen and oxygen atoms in total. The van der Waals surface area contributed by atoms with E-state index < -0.39 is 0 Å². The number of rotatable bonds is 0. The molecule has 0 aliphatic heterocycles. The largest absolute Gasteiger partial charge is 0.500 e. The third-order valence-corrected chi connectivity index (χ3v) is 0. The van der Waals surface area contributed by atoms with Gasteiger partial charge in [0.2, 0.25) is 0 Å². The van der Waals surface area contributed by atoms with Gasteiger partial charge in [-0.2, -0.15) is 0 Å². The van der Waals surface area contributed by atoms with Gasteiger partial charge in [-0.1, -0.05) is 0 Å². The van der Waals surface area contributed by atoms with Gasteiger partial charge in [0.05, 0.1) is 0 Å². The SMILES string of the molecule is CCO.[NH3+][S-]. The minimum Gasteiger partial charge on any atom is -0.500 e. The molecule has 0 aromatic carbocycles. The summed E-state index contributed by atoms with van der Waals surface area (Å²) in [4.78, 5) is 0. The lowest BCUT2D eigenvalue weighted by atomic mass is 10.9. The van der Waals surface area contributed by atoms with E-state index >= 15 is 0 Å². The van der Waals surface area contributed by atoms with Gasteiger partial charge in [-0.3, -0.25) is 0 Å². The highest BCUT2D eigenvalue weighted by Crippen LogP contribution is 1.30. The molecule has 0 saturated carbocycles. The molecule has 0 aromatic rings. The Bertz CT molecular complexity index is 9.61. The molecule has 0 spiro atoms. The lowest BCUT2D eigenvalue weighted by molar-refractivity contribution is -0.133. The molecule has 0 heterocycles. The summed E-state index contributed by atoms with van der Waals surface area (Å²) in [6.45, 7) is 1.93. The van der Waals surface area contributed by atoms with E-state index in [4.69, 9.17) is 5.11 Å². The van der Waals surface area contributed by atoms with Crippen molar-refractivity contribution in [3.63, 3.8) is 0 Å². The molecule has 0 aromatic heterocycles. The summed E-state index contributed by atoms with van der Waals surface area (Å²) in [7, 11) is 0. The smallest absolute Gasteiger partial charge is 0.0402 e. The first-order valence-corrected chi connectivity index (χ1v) is 1.89. The van der Waals surface area contributed by atoms with Gasteiger partial charge in [0, 0.05) is 6.61 Å². The van der Waals surface area contributed by atoms with Gasteiger partial charge in [-0.05, 0) is 6.92 Å². The molecule has 0 atom stereocenters. The first-order valence-electron chi connectivity index (χ1n) is 1.31. The summed E-state index contributed by atoms with van der Waals surface area (Å²) < 4.78 is 0. The molecule has 0 aliphatic rings. The van der Waals surface area contributed by atoms with Crippen LogP contribution >= 0.6 is 0 Å². The lowest BCUT2D eigenvalue weighted by Gasteiger charge is -1.52. The second-order valence-corrected chi connectivity index (χ2v) is 0.316. The Labute approximate surface area is 37.5 Å². The Morgan fingerprint density at radius 2 is 1.80 bits per heavy atom. The van der Waals surface area contributed by atoms with Crippen LogP contribution in [0.15, 0.2) is 0 Å². The minimum atomic E-state index is 0.250. The fourth-order valence-corrected chi connectivity index (χ4v) is 0. The van der Waals surface area contributed by atoms with E-state index in [1.165, 1.54) is 0 Å². The first-order chi connectivity index (χ1) is 2.41. The van der Waals surface area contributed by atoms with Crippen LogP contribution < -0.4 is 5.14 Å². The van der Waals surface area contributed by atoms with Crippen LogP contribution in [0, 0.1) is 0 Å². The van der Waals surface area contributed by atoms with Gasteiger partial charge >= 0.3 is 0 Å². The van der Waals surface area contributed by atoms with Crippen molar-refractivity contribution >= 4 is 12.8 Å². The average molecular weight is 95.2 g/mol. The van der Waals surface area contributed by atoms with Crippen LogP contribution in [0.2, 0.25) is 0 Å². The van der Waals surface area contributed by atoms with E-state index in [2.05, 4.69) is 18.0 Å². The average Bonchev–Trinajstić information content (AvgIpc) is 1.46. The number of quaternary nitrogens is 1. The predicted octanol–water partition coefficient (Wildman–Crippen LogP) is -1.31. The third kappa shape index (κ3) is 302. The zero-order valence-electron chi connectivity index (χ0n) is 3.27. The number of aliphatic hydroxyl groups excluding tert-OH is 1. The number of aliphatic hydroxyl groups is 1. The standard InChI is InChI=1S/C2H6O.H3NS/c1-2-3;1-2/h3H,2H2,1H3;1H3. The highest BCUT2D eigenvalue weighted by atomic mass is 32.1. The molecule has 0 aliphatic carbocycles. The van der Waals surface area contributed by atoms with E-state index in [-0.39, 0.29) is 6.61 Å². The minimum absolute atomic E-state index is 0.250. The maximum absolute atomic E-state index is 7.57. The summed E-state index contributed by atoms with van der Waals surface area (Å²) >= 11 is 3.83. The monoisotopic (exact) mass is 95.0 g/mol. The fraction of sp³-hybridized carbons (Fsp3) is 1.00. The molecule has 0 rings (SSSR count). The Morgan fingerprint density at radius 3 is 1.80 bits per heavy atom. The molecule has 4 N–H and O–H groups in total. The van der Waals surface area contributed by atoms with Crippen LogP contribution in [-0.4, -0.2) is 11.7 Å². The maximum atomic E-state index is 7.57. The number of hydrogen-bond acceptors (Lipinski definition) is 2. The predicted molar refractivity (Wildman–Crippen MR) is 23.0 cm³/mol. The second-order valence-electron chi connectivity index (χ2n) is 0.316. The van der Waals surface area contributed by atoms with Gasteiger partial charge in [-0.25, -0.2) is 0 Å². The quantitative estimate of drug-likeness (QED) is 0.367. The van der Waals surface area contributed by atoms with E-state index in [1.54, 1.807) is 6.92 Å². The summed E-state index contributed by atoms with van der Waals surface area (Å²) in [5, 5.41) is 10.4. The van der Waals surface area contributed by atoms with Gasteiger partial charge in [-0.15, -0.1) is 0 Å². The third-order valence-electron chi connectivity index (χ3n) is 0. The van der Waals surface area contributed by atoms with E-state index in [0.717, 1.165) is 0 Å². The molecule has 34 valence electrons. The van der Waals surface area contributed by atoms with Crippen LogP contribution in [0.3, 0.4) is 0 Å². The topological polar surface area (TPSA) is 47.9 Å². The second kappa shape index (κ2) is 28.3. The van der Waals surface area contributed by atoms with E-state index in [9.17, 15) is 0 Å². The summed E-state index contributed by atoms with van der Waals surface area (Å²) in [6, 6.07) is 0. The van der Waals surface area contributed by atoms with Gasteiger partial charge < -0.3 is 23.1 Å². The Morgan fingerprint density at radius 1 is 1.80 bits per heavy atom. The Balaban J connectivity index is 0. The van der Waals surface area contributed by atoms with Crippen molar-refractivity contribution < 1.29 is 10.2 Å².